The van der Waals surface area contributed by atoms with Crippen molar-refractivity contribution in [1.82, 2.24) is 13.5 Å². The molecule has 1 aromatic carbocycles. The SMILES string of the molecule is Cc1cc(Cn2c(=O)c3cc(S(=O)(=O)CC4(CF)CC4)ccc3n(C)c2=O)sn1. The van der Waals surface area contributed by atoms with Crippen molar-refractivity contribution in [1.29, 1.82) is 0 Å². The fourth-order valence-corrected chi connectivity index (χ4v) is 6.09. The maximum atomic E-state index is 13.2. The quantitative estimate of drug-likeness (QED) is 0.589. The van der Waals surface area contributed by atoms with Gasteiger partial charge in [-0.25, -0.2) is 13.2 Å². The fourth-order valence-electron chi connectivity index (χ4n) is 3.45. The van der Waals surface area contributed by atoms with Crippen molar-refractivity contribution in [2.45, 2.75) is 31.2 Å². The molecular formula is C19H20FN3O4S2. The molecule has 0 atom stereocenters. The van der Waals surface area contributed by atoms with E-state index in [0.29, 0.717) is 18.4 Å². The number of fused-ring (bicyclic) bond motifs is 1. The summed E-state index contributed by atoms with van der Waals surface area (Å²) in [7, 11) is -2.21. The van der Waals surface area contributed by atoms with Crippen LogP contribution in [-0.2, 0) is 23.4 Å². The largest absolute Gasteiger partial charge is 0.331 e. The van der Waals surface area contributed by atoms with Crippen LogP contribution in [0.4, 0.5) is 4.39 Å². The van der Waals surface area contributed by atoms with E-state index >= 15 is 0 Å². The lowest BCUT2D eigenvalue weighted by atomic mass is 10.2. The molecule has 1 aliphatic carbocycles. The van der Waals surface area contributed by atoms with Crippen LogP contribution in [0.2, 0.25) is 0 Å². The third-order valence-corrected chi connectivity index (χ3v) is 8.23. The van der Waals surface area contributed by atoms with Crippen molar-refractivity contribution < 1.29 is 12.8 Å². The van der Waals surface area contributed by atoms with Gasteiger partial charge in [-0.2, -0.15) is 4.37 Å². The zero-order chi connectivity index (χ0) is 21.0. The van der Waals surface area contributed by atoms with Crippen LogP contribution in [0, 0.1) is 12.3 Å². The molecule has 1 aliphatic rings. The average molecular weight is 438 g/mol. The van der Waals surface area contributed by atoms with E-state index in [4.69, 9.17) is 0 Å². The van der Waals surface area contributed by atoms with Gasteiger partial charge in [0.05, 0.1) is 40.5 Å². The third kappa shape index (κ3) is 3.55. The van der Waals surface area contributed by atoms with E-state index in [0.717, 1.165) is 15.1 Å². The molecule has 0 bridgehead atoms. The molecule has 29 heavy (non-hydrogen) atoms. The Balaban J connectivity index is 1.83. The van der Waals surface area contributed by atoms with Gasteiger partial charge in [0.2, 0.25) is 0 Å². The number of nitrogens with zero attached hydrogens (tertiary/aromatic N) is 3. The van der Waals surface area contributed by atoms with Gasteiger partial charge in [0.1, 0.15) is 0 Å². The maximum absolute atomic E-state index is 13.2. The second-order valence-corrected chi connectivity index (χ2v) is 10.6. The number of halogens is 1. The van der Waals surface area contributed by atoms with E-state index < -0.39 is 33.2 Å². The number of aryl methyl sites for hydroxylation is 2. The first-order valence-corrected chi connectivity index (χ1v) is 11.5. The van der Waals surface area contributed by atoms with E-state index in [1.807, 2.05) is 6.92 Å². The van der Waals surface area contributed by atoms with Gasteiger partial charge in [0, 0.05) is 17.3 Å². The van der Waals surface area contributed by atoms with Crippen LogP contribution in [-0.4, -0.2) is 34.4 Å². The molecule has 0 radical (unpaired) electrons. The van der Waals surface area contributed by atoms with Gasteiger partial charge in [-0.05, 0) is 55.6 Å². The highest BCUT2D eigenvalue weighted by atomic mass is 32.2. The Bertz CT molecular complexity index is 1330. The minimum absolute atomic E-state index is 0.0272. The highest BCUT2D eigenvalue weighted by molar-refractivity contribution is 7.91. The molecule has 0 unspecified atom stereocenters. The summed E-state index contributed by atoms with van der Waals surface area (Å²) >= 11 is 1.21. The summed E-state index contributed by atoms with van der Waals surface area (Å²) in [6, 6.07) is 5.94. The molecule has 4 rings (SSSR count). The highest BCUT2D eigenvalue weighted by Gasteiger charge is 2.46. The third-order valence-electron chi connectivity index (χ3n) is 5.41. The van der Waals surface area contributed by atoms with Gasteiger partial charge < -0.3 is 0 Å². The molecule has 154 valence electrons. The topological polar surface area (TPSA) is 91.0 Å². The van der Waals surface area contributed by atoms with Crippen LogP contribution < -0.4 is 11.2 Å². The van der Waals surface area contributed by atoms with Crippen LogP contribution in [0.1, 0.15) is 23.4 Å². The summed E-state index contributed by atoms with van der Waals surface area (Å²) in [4.78, 5) is 26.4. The predicted molar refractivity (Wildman–Crippen MR) is 109 cm³/mol. The molecule has 3 aromatic rings. The fraction of sp³-hybridized carbons (Fsp3) is 0.421. The van der Waals surface area contributed by atoms with Crippen LogP contribution in [0.15, 0.2) is 38.8 Å². The van der Waals surface area contributed by atoms with Crippen molar-refractivity contribution in [3.63, 3.8) is 0 Å². The zero-order valence-corrected chi connectivity index (χ0v) is 17.6. The molecule has 1 saturated carbocycles. The van der Waals surface area contributed by atoms with Crippen molar-refractivity contribution in [3.8, 4) is 0 Å². The number of benzene rings is 1. The molecule has 0 N–H and O–H groups in total. The highest BCUT2D eigenvalue weighted by Crippen LogP contribution is 2.47. The monoisotopic (exact) mass is 437 g/mol. The maximum Gasteiger partial charge on any atom is 0.331 e. The molecule has 0 aliphatic heterocycles. The molecule has 2 heterocycles. The molecular weight excluding hydrogens is 417 g/mol. The minimum Gasteiger partial charge on any atom is -0.296 e. The number of sulfone groups is 1. The van der Waals surface area contributed by atoms with Gasteiger partial charge in [0.15, 0.2) is 9.84 Å². The first-order chi connectivity index (χ1) is 13.7. The minimum atomic E-state index is -3.75. The lowest BCUT2D eigenvalue weighted by Crippen LogP contribution is -2.39. The van der Waals surface area contributed by atoms with Crippen molar-refractivity contribution in [2.24, 2.45) is 12.5 Å². The van der Waals surface area contributed by atoms with Crippen LogP contribution in [0.5, 0.6) is 0 Å². The summed E-state index contributed by atoms with van der Waals surface area (Å²) in [5.74, 6) is -0.276. The average Bonchev–Trinajstić information content (AvgIpc) is 3.33. The summed E-state index contributed by atoms with van der Waals surface area (Å²) in [6.07, 6.45) is 1.10. The van der Waals surface area contributed by atoms with Crippen molar-refractivity contribution in [2.75, 3.05) is 12.4 Å². The van der Waals surface area contributed by atoms with Gasteiger partial charge in [-0.15, -0.1) is 0 Å². The molecule has 7 nitrogen and oxygen atoms in total. The van der Waals surface area contributed by atoms with Gasteiger partial charge in [0.25, 0.3) is 5.56 Å². The molecule has 1 fully saturated rings. The summed E-state index contributed by atoms with van der Waals surface area (Å²) < 4.78 is 45.3. The summed E-state index contributed by atoms with van der Waals surface area (Å²) in [6.45, 7) is 1.22. The number of alkyl halides is 1. The second-order valence-electron chi connectivity index (χ2n) is 7.74. The lowest BCUT2D eigenvalue weighted by molar-refractivity contribution is 0.367. The Morgan fingerprint density at radius 2 is 1.97 bits per heavy atom. The van der Waals surface area contributed by atoms with Gasteiger partial charge in [-0.1, -0.05) is 0 Å². The predicted octanol–water partition coefficient (Wildman–Crippen LogP) is 2.04. The van der Waals surface area contributed by atoms with Crippen LogP contribution >= 0.6 is 11.5 Å². The van der Waals surface area contributed by atoms with Crippen molar-refractivity contribution >= 4 is 32.3 Å². The Hall–Kier alpha value is -2.33. The lowest BCUT2D eigenvalue weighted by Gasteiger charge is -2.13. The second kappa shape index (κ2) is 6.88. The van der Waals surface area contributed by atoms with E-state index in [1.54, 1.807) is 6.07 Å². The Kier molecular flexibility index (Phi) is 4.73. The smallest absolute Gasteiger partial charge is 0.296 e. The Morgan fingerprint density at radius 1 is 1.24 bits per heavy atom. The Morgan fingerprint density at radius 3 is 2.55 bits per heavy atom. The van der Waals surface area contributed by atoms with Crippen LogP contribution in [0.25, 0.3) is 10.9 Å². The van der Waals surface area contributed by atoms with E-state index in [-0.39, 0.29) is 22.6 Å². The van der Waals surface area contributed by atoms with E-state index in [1.165, 1.54) is 41.3 Å². The first kappa shape index (κ1) is 20.0. The van der Waals surface area contributed by atoms with Crippen molar-refractivity contribution in [3.05, 3.63) is 55.7 Å². The van der Waals surface area contributed by atoms with Crippen LogP contribution in [0.3, 0.4) is 0 Å². The first-order valence-electron chi connectivity index (χ1n) is 9.10. The number of rotatable bonds is 6. The number of hydrogen-bond acceptors (Lipinski definition) is 6. The molecule has 2 aromatic heterocycles. The summed E-state index contributed by atoms with van der Waals surface area (Å²) in [5, 5.41) is 0.138. The molecule has 0 amide bonds. The summed E-state index contributed by atoms with van der Waals surface area (Å²) in [5.41, 5.74) is -0.689. The van der Waals surface area contributed by atoms with E-state index in [2.05, 4.69) is 4.37 Å². The van der Waals surface area contributed by atoms with Gasteiger partial charge in [-0.3, -0.25) is 18.3 Å². The zero-order valence-electron chi connectivity index (χ0n) is 16.0. The molecule has 10 heteroatoms. The molecule has 0 saturated heterocycles. The molecule has 0 spiro atoms. The van der Waals surface area contributed by atoms with Gasteiger partial charge >= 0.3 is 5.69 Å². The number of hydrogen-bond donors (Lipinski definition) is 0. The number of aromatic nitrogens is 3. The van der Waals surface area contributed by atoms with E-state index in [9.17, 15) is 22.4 Å². The normalized spacial score (nSPS) is 15.7. The standard InChI is InChI=1S/C19H20FN3O4S2/c1-12-7-13(28-21-12)9-23-17(24)15-8-14(3-4-16(15)22(2)18(23)25)29(26,27)11-19(10-20)5-6-19/h3-4,7-8H,5-6,9-11H2,1-2H3. The Labute approximate surface area is 170 Å².